The van der Waals surface area contributed by atoms with Crippen LogP contribution in [-0.2, 0) is 0 Å². The number of alkyl halides is 3. The Balaban J connectivity index is 1.35. The summed E-state index contributed by atoms with van der Waals surface area (Å²) in [6.45, 7) is 2.28. The Kier molecular flexibility index (Phi) is 9.82. The molecule has 2 fully saturated rings. The number of ether oxygens (including phenoxy) is 1. The van der Waals surface area contributed by atoms with Crippen LogP contribution in [0, 0.1) is 35.5 Å². The van der Waals surface area contributed by atoms with E-state index in [1.807, 2.05) is 0 Å². The van der Waals surface area contributed by atoms with Gasteiger partial charge < -0.3 is 4.74 Å². The van der Waals surface area contributed by atoms with E-state index in [-0.39, 0.29) is 5.75 Å². The highest BCUT2D eigenvalue weighted by Gasteiger charge is 2.31. The third-order valence-electron chi connectivity index (χ3n) is 7.55. The zero-order chi connectivity index (χ0) is 22.8. The van der Waals surface area contributed by atoms with Gasteiger partial charge in [0.2, 0.25) is 0 Å². The lowest BCUT2D eigenvalue weighted by molar-refractivity contribution is -0.274. The molecule has 2 saturated carbocycles. The van der Waals surface area contributed by atoms with Crippen LogP contribution in [0.1, 0.15) is 102 Å². The van der Waals surface area contributed by atoms with E-state index in [0.29, 0.717) is 5.92 Å². The SMILES string of the molecule is CCCCCCCC1CCC(C2CCC(C#Cc3ccc(OC(F)(F)F)cc3)CC2)CC1. The highest BCUT2D eigenvalue weighted by Crippen LogP contribution is 2.42. The Morgan fingerprint density at radius 3 is 2.00 bits per heavy atom. The molecule has 2 aliphatic rings. The standard InChI is InChI=1S/C28H39F3O/c1-2-3-4-5-6-7-22-10-16-25(17-11-22)26-18-12-23(13-19-26)8-9-24-14-20-27(21-15-24)32-28(29,30)31/h14-15,20-23,25-26H,2-7,10-13,16-19H2,1H3. The fourth-order valence-corrected chi connectivity index (χ4v) is 5.65. The minimum absolute atomic E-state index is 0.199. The molecular formula is C28H39F3O. The van der Waals surface area contributed by atoms with Gasteiger partial charge in [-0.2, -0.15) is 0 Å². The van der Waals surface area contributed by atoms with Gasteiger partial charge in [-0.25, -0.2) is 0 Å². The van der Waals surface area contributed by atoms with Gasteiger partial charge in [-0.05, 0) is 80.5 Å². The molecule has 0 aliphatic heterocycles. The maximum Gasteiger partial charge on any atom is 0.573 e. The predicted octanol–water partition coefficient (Wildman–Crippen LogP) is 8.91. The molecule has 32 heavy (non-hydrogen) atoms. The van der Waals surface area contributed by atoms with E-state index in [1.54, 1.807) is 12.1 Å². The van der Waals surface area contributed by atoms with Gasteiger partial charge in [-0.3, -0.25) is 0 Å². The maximum atomic E-state index is 12.3. The van der Waals surface area contributed by atoms with Gasteiger partial charge in [0.1, 0.15) is 5.75 Å². The number of unbranched alkanes of at least 4 members (excludes halogenated alkanes) is 4. The van der Waals surface area contributed by atoms with Crippen molar-refractivity contribution in [1.29, 1.82) is 0 Å². The van der Waals surface area contributed by atoms with E-state index < -0.39 is 6.36 Å². The zero-order valence-electron chi connectivity index (χ0n) is 19.6. The summed E-state index contributed by atoms with van der Waals surface area (Å²) in [6.07, 6.45) is 14.4. The molecule has 1 nitrogen and oxygen atoms in total. The Hall–Kier alpha value is -1.63. The van der Waals surface area contributed by atoms with E-state index in [0.717, 1.165) is 36.2 Å². The molecule has 4 heteroatoms. The van der Waals surface area contributed by atoms with Crippen molar-refractivity contribution in [3.63, 3.8) is 0 Å². The van der Waals surface area contributed by atoms with Crippen LogP contribution in [0.5, 0.6) is 5.75 Å². The summed E-state index contributed by atoms with van der Waals surface area (Å²) < 4.78 is 40.7. The van der Waals surface area contributed by atoms with E-state index in [9.17, 15) is 13.2 Å². The topological polar surface area (TPSA) is 9.23 Å². The second-order valence-electron chi connectivity index (χ2n) is 9.94. The first-order valence-corrected chi connectivity index (χ1v) is 12.8. The second kappa shape index (κ2) is 12.6. The molecule has 0 atom stereocenters. The summed E-state index contributed by atoms with van der Waals surface area (Å²) in [5.41, 5.74) is 0.745. The normalized spacial score (nSPS) is 26.2. The lowest BCUT2D eigenvalue weighted by Crippen LogP contribution is -2.25. The molecule has 3 rings (SSSR count). The van der Waals surface area contributed by atoms with Crippen molar-refractivity contribution in [2.75, 3.05) is 0 Å². The summed E-state index contributed by atoms with van der Waals surface area (Å²) in [5.74, 6) is 9.49. The van der Waals surface area contributed by atoms with Crippen molar-refractivity contribution in [1.82, 2.24) is 0 Å². The average molecular weight is 449 g/mol. The van der Waals surface area contributed by atoms with Crippen LogP contribution in [-0.4, -0.2) is 6.36 Å². The number of halogens is 3. The quantitative estimate of drug-likeness (QED) is 0.285. The first-order chi connectivity index (χ1) is 15.4. The molecule has 0 saturated heterocycles. The first kappa shape index (κ1) is 25.0. The Morgan fingerprint density at radius 1 is 0.812 bits per heavy atom. The van der Waals surface area contributed by atoms with Crippen LogP contribution in [0.4, 0.5) is 13.2 Å². The van der Waals surface area contributed by atoms with E-state index in [4.69, 9.17) is 0 Å². The molecule has 0 N–H and O–H groups in total. The van der Waals surface area contributed by atoms with Crippen LogP contribution >= 0.6 is 0 Å². The van der Waals surface area contributed by atoms with Gasteiger partial charge in [0.15, 0.2) is 0 Å². The number of benzene rings is 1. The largest absolute Gasteiger partial charge is 0.573 e. The van der Waals surface area contributed by atoms with Gasteiger partial charge >= 0.3 is 6.36 Å². The summed E-state index contributed by atoms with van der Waals surface area (Å²) in [6, 6.07) is 5.86. The summed E-state index contributed by atoms with van der Waals surface area (Å²) in [7, 11) is 0. The van der Waals surface area contributed by atoms with Crippen molar-refractivity contribution >= 4 is 0 Å². The smallest absolute Gasteiger partial charge is 0.406 e. The van der Waals surface area contributed by atoms with E-state index in [2.05, 4.69) is 23.5 Å². The van der Waals surface area contributed by atoms with Crippen LogP contribution in [0.2, 0.25) is 0 Å². The molecule has 0 radical (unpaired) electrons. The number of hydrogen-bond donors (Lipinski definition) is 0. The Labute approximate surface area is 192 Å². The molecule has 0 aromatic heterocycles. The predicted molar refractivity (Wildman–Crippen MR) is 124 cm³/mol. The molecule has 1 aromatic rings. The number of rotatable bonds is 8. The fraction of sp³-hybridized carbons (Fsp3) is 0.714. The average Bonchev–Trinajstić information content (AvgIpc) is 2.78. The van der Waals surface area contributed by atoms with Crippen LogP contribution in [0.25, 0.3) is 0 Å². The van der Waals surface area contributed by atoms with E-state index in [1.165, 1.54) is 89.2 Å². The van der Waals surface area contributed by atoms with Gasteiger partial charge in [-0.1, -0.05) is 70.1 Å². The third kappa shape index (κ3) is 8.72. The summed E-state index contributed by atoms with van der Waals surface area (Å²) in [5, 5.41) is 0. The number of hydrogen-bond acceptors (Lipinski definition) is 1. The summed E-state index contributed by atoms with van der Waals surface area (Å²) in [4.78, 5) is 0. The molecule has 1 aromatic carbocycles. The lowest BCUT2D eigenvalue weighted by atomic mass is 9.69. The third-order valence-corrected chi connectivity index (χ3v) is 7.55. The minimum atomic E-state index is -4.65. The van der Waals surface area contributed by atoms with Gasteiger partial charge in [0, 0.05) is 11.5 Å². The van der Waals surface area contributed by atoms with Gasteiger partial charge in [0.05, 0.1) is 0 Å². The van der Waals surface area contributed by atoms with Crippen LogP contribution in [0.3, 0.4) is 0 Å². The first-order valence-electron chi connectivity index (χ1n) is 12.8. The van der Waals surface area contributed by atoms with Gasteiger partial charge in [0.25, 0.3) is 0 Å². The minimum Gasteiger partial charge on any atom is -0.406 e. The van der Waals surface area contributed by atoms with Crippen molar-refractivity contribution in [3.05, 3.63) is 29.8 Å². The monoisotopic (exact) mass is 448 g/mol. The molecule has 0 spiro atoms. The lowest BCUT2D eigenvalue weighted by Gasteiger charge is -2.37. The molecule has 0 heterocycles. The highest BCUT2D eigenvalue weighted by molar-refractivity contribution is 5.38. The molecule has 0 amide bonds. The zero-order valence-corrected chi connectivity index (χ0v) is 19.6. The maximum absolute atomic E-state index is 12.3. The Morgan fingerprint density at radius 2 is 1.41 bits per heavy atom. The van der Waals surface area contributed by atoms with Crippen molar-refractivity contribution in [2.45, 2.75) is 103 Å². The van der Waals surface area contributed by atoms with Crippen molar-refractivity contribution in [2.24, 2.45) is 23.7 Å². The van der Waals surface area contributed by atoms with Crippen LogP contribution in [0.15, 0.2) is 24.3 Å². The van der Waals surface area contributed by atoms with Crippen LogP contribution < -0.4 is 4.74 Å². The van der Waals surface area contributed by atoms with Gasteiger partial charge in [-0.15, -0.1) is 13.2 Å². The molecule has 0 bridgehead atoms. The molecule has 178 valence electrons. The summed E-state index contributed by atoms with van der Waals surface area (Å²) >= 11 is 0. The van der Waals surface area contributed by atoms with Crippen molar-refractivity contribution in [3.8, 4) is 17.6 Å². The highest BCUT2D eigenvalue weighted by atomic mass is 19.4. The molecule has 0 unspecified atom stereocenters. The fourth-order valence-electron chi connectivity index (χ4n) is 5.65. The molecule has 2 aliphatic carbocycles. The second-order valence-corrected chi connectivity index (χ2v) is 9.94. The Bertz CT molecular complexity index is 712. The van der Waals surface area contributed by atoms with Crippen molar-refractivity contribution < 1.29 is 17.9 Å². The molecular weight excluding hydrogens is 409 g/mol. The van der Waals surface area contributed by atoms with E-state index >= 15 is 0 Å².